The third-order valence-corrected chi connectivity index (χ3v) is 4.04. The van der Waals surface area contributed by atoms with Gasteiger partial charge in [0.2, 0.25) is 5.91 Å². The Labute approximate surface area is 135 Å². The summed E-state index contributed by atoms with van der Waals surface area (Å²) in [5, 5.41) is 16.1. The first-order valence-electron chi connectivity index (χ1n) is 7.45. The van der Waals surface area contributed by atoms with Gasteiger partial charge in [0, 0.05) is 25.4 Å². The number of aryl methyl sites for hydroxylation is 3. The van der Waals surface area contributed by atoms with Gasteiger partial charge < -0.3 is 10.4 Å². The van der Waals surface area contributed by atoms with E-state index in [1.54, 1.807) is 23.0 Å². The molecule has 2 N–H and O–H groups in total. The summed E-state index contributed by atoms with van der Waals surface area (Å²) < 4.78 is 1.70. The van der Waals surface area contributed by atoms with E-state index < -0.39 is 12.0 Å². The van der Waals surface area contributed by atoms with Gasteiger partial charge in [0.05, 0.1) is 0 Å². The summed E-state index contributed by atoms with van der Waals surface area (Å²) in [6.45, 7) is 3.78. The van der Waals surface area contributed by atoms with E-state index in [0.717, 1.165) is 16.8 Å². The summed E-state index contributed by atoms with van der Waals surface area (Å²) in [5.41, 5.74) is 3.43. The van der Waals surface area contributed by atoms with Crippen LogP contribution in [0.1, 0.15) is 34.8 Å². The SMILES string of the molecule is Cc1cccc(C(NC(=O)CCc2ccnn2C)C(=O)O)c1C. The maximum absolute atomic E-state index is 12.1. The van der Waals surface area contributed by atoms with Gasteiger partial charge in [0.15, 0.2) is 6.04 Å². The molecule has 0 saturated carbocycles. The zero-order valence-corrected chi connectivity index (χ0v) is 13.5. The molecule has 0 fully saturated rings. The Hall–Kier alpha value is -2.63. The van der Waals surface area contributed by atoms with E-state index in [4.69, 9.17) is 0 Å². The Bertz CT molecular complexity index is 722. The second-order valence-electron chi connectivity index (χ2n) is 5.57. The van der Waals surface area contributed by atoms with E-state index in [2.05, 4.69) is 10.4 Å². The number of nitrogens with one attached hydrogen (secondary N) is 1. The molecule has 6 nitrogen and oxygen atoms in total. The molecule has 1 aromatic heterocycles. The minimum absolute atomic E-state index is 0.216. The molecule has 0 aliphatic carbocycles. The highest BCUT2D eigenvalue weighted by Crippen LogP contribution is 2.21. The molecule has 6 heteroatoms. The number of rotatable bonds is 6. The molecular weight excluding hydrogens is 294 g/mol. The molecule has 1 unspecified atom stereocenters. The fraction of sp³-hybridized carbons (Fsp3) is 0.353. The number of carbonyl (C=O) groups is 2. The number of hydrogen-bond acceptors (Lipinski definition) is 3. The highest BCUT2D eigenvalue weighted by atomic mass is 16.4. The number of carboxylic acid groups (broad SMARTS) is 1. The Balaban J connectivity index is 2.07. The van der Waals surface area contributed by atoms with Crippen LogP contribution in [0.2, 0.25) is 0 Å². The lowest BCUT2D eigenvalue weighted by atomic mass is 9.97. The Morgan fingerprint density at radius 2 is 2.04 bits per heavy atom. The van der Waals surface area contributed by atoms with Crippen LogP contribution in [0.3, 0.4) is 0 Å². The molecule has 1 heterocycles. The third kappa shape index (κ3) is 3.97. The lowest BCUT2D eigenvalue weighted by Crippen LogP contribution is -2.34. The van der Waals surface area contributed by atoms with Crippen molar-refractivity contribution in [3.63, 3.8) is 0 Å². The van der Waals surface area contributed by atoms with Crippen molar-refractivity contribution < 1.29 is 14.7 Å². The monoisotopic (exact) mass is 315 g/mol. The number of carboxylic acids is 1. The fourth-order valence-corrected chi connectivity index (χ4v) is 2.48. The third-order valence-electron chi connectivity index (χ3n) is 4.04. The molecule has 0 bridgehead atoms. The molecule has 0 aliphatic heterocycles. The number of amides is 1. The molecule has 1 amide bonds. The van der Waals surface area contributed by atoms with Crippen molar-refractivity contribution in [3.05, 3.63) is 52.8 Å². The first kappa shape index (κ1) is 16.7. The van der Waals surface area contributed by atoms with Gasteiger partial charge in [0.25, 0.3) is 0 Å². The largest absolute Gasteiger partial charge is 0.479 e. The van der Waals surface area contributed by atoms with Gasteiger partial charge in [-0.3, -0.25) is 9.48 Å². The first-order chi connectivity index (χ1) is 10.9. The summed E-state index contributed by atoms with van der Waals surface area (Å²) in [6, 6.07) is 6.26. The van der Waals surface area contributed by atoms with Crippen molar-refractivity contribution in [2.45, 2.75) is 32.7 Å². The van der Waals surface area contributed by atoms with E-state index in [0.29, 0.717) is 12.0 Å². The van der Waals surface area contributed by atoms with Crippen LogP contribution in [0.25, 0.3) is 0 Å². The number of nitrogens with zero attached hydrogens (tertiary/aromatic N) is 2. The summed E-state index contributed by atoms with van der Waals surface area (Å²) in [6.07, 6.45) is 2.40. The highest BCUT2D eigenvalue weighted by Gasteiger charge is 2.24. The normalized spacial score (nSPS) is 12.0. The van der Waals surface area contributed by atoms with E-state index >= 15 is 0 Å². The summed E-state index contributed by atoms with van der Waals surface area (Å²) in [4.78, 5) is 23.7. The molecule has 2 aromatic rings. The molecule has 2 rings (SSSR count). The van der Waals surface area contributed by atoms with Gasteiger partial charge in [-0.05, 0) is 43.0 Å². The van der Waals surface area contributed by atoms with Crippen molar-refractivity contribution in [2.75, 3.05) is 0 Å². The van der Waals surface area contributed by atoms with Gasteiger partial charge in [-0.25, -0.2) is 4.79 Å². The Morgan fingerprint density at radius 3 is 2.65 bits per heavy atom. The molecule has 122 valence electrons. The maximum Gasteiger partial charge on any atom is 0.330 e. The number of carbonyl (C=O) groups excluding carboxylic acids is 1. The van der Waals surface area contributed by atoms with Gasteiger partial charge in [-0.1, -0.05) is 18.2 Å². The average molecular weight is 315 g/mol. The van der Waals surface area contributed by atoms with Crippen LogP contribution >= 0.6 is 0 Å². The molecule has 0 aliphatic rings. The molecule has 0 saturated heterocycles. The fourth-order valence-electron chi connectivity index (χ4n) is 2.48. The molecule has 23 heavy (non-hydrogen) atoms. The smallest absolute Gasteiger partial charge is 0.330 e. The summed E-state index contributed by atoms with van der Waals surface area (Å²) in [5.74, 6) is -1.35. The predicted molar refractivity (Wildman–Crippen MR) is 86.0 cm³/mol. The second-order valence-corrected chi connectivity index (χ2v) is 5.57. The minimum Gasteiger partial charge on any atom is -0.479 e. The van der Waals surface area contributed by atoms with E-state index in [-0.39, 0.29) is 12.3 Å². The highest BCUT2D eigenvalue weighted by molar-refractivity contribution is 5.85. The van der Waals surface area contributed by atoms with Crippen LogP contribution in [-0.2, 0) is 23.1 Å². The first-order valence-corrected chi connectivity index (χ1v) is 7.45. The lowest BCUT2D eigenvalue weighted by molar-refractivity contribution is -0.142. The van der Waals surface area contributed by atoms with Crippen molar-refractivity contribution in [2.24, 2.45) is 7.05 Å². The Morgan fingerprint density at radius 1 is 1.30 bits per heavy atom. The molecular formula is C17H21N3O3. The van der Waals surface area contributed by atoms with Crippen LogP contribution in [-0.4, -0.2) is 26.8 Å². The summed E-state index contributed by atoms with van der Waals surface area (Å²) >= 11 is 0. The van der Waals surface area contributed by atoms with Crippen molar-refractivity contribution >= 4 is 11.9 Å². The average Bonchev–Trinajstić information content (AvgIpc) is 2.91. The van der Waals surface area contributed by atoms with Crippen LogP contribution in [0, 0.1) is 13.8 Å². The van der Waals surface area contributed by atoms with Crippen LogP contribution in [0.15, 0.2) is 30.5 Å². The van der Waals surface area contributed by atoms with Gasteiger partial charge in [-0.2, -0.15) is 5.10 Å². The lowest BCUT2D eigenvalue weighted by Gasteiger charge is -2.18. The number of aliphatic carboxylic acids is 1. The zero-order valence-electron chi connectivity index (χ0n) is 13.5. The molecule has 1 atom stereocenters. The zero-order chi connectivity index (χ0) is 17.0. The van der Waals surface area contributed by atoms with Crippen molar-refractivity contribution in [3.8, 4) is 0 Å². The number of benzene rings is 1. The van der Waals surface area contributed by atoms with Crippen molar-refractivity contribution in [1.29, 1.82) is 0 Å². The van der Waals surface area contributed by atoms with Crippen LogP contribution in [0.4, 0.5) is 0 Å². The number of hydrogen-bond donors (Lipinski definition) is 2. The van der Waals surface area contributed by atoms with E-state index in [1.165, 1.54) is 0 Å². The summed E-state index contributed by atoms with van der Waals surface area (Å²) in [7, 11) is 1.81. The molecule has 1 aromatic carbocycles. The maximum atomic E-state index is 12.1. The molecule has 0 spiro atoms. The topological polar surface area (TPSA) is 84.2 Å². The van der Waals surface area contributed by atoms with E-state index in [9.17, 15) is 14.7 Å². The van der Waals surface area contributed by atoms with Gasteiger partial charge in [-0.15, -0.1) is 0 Å². The number of aromatic nitrogens is 2. The van der Waals surface area contributed by atoms with Gasteiger partial charge >= 0.3 is 5.97 Å². The second kappa shape index (κ2) is 7.09. The predicted octanol–water partition coefficient (Wildman–Crippen LogP) is 1.91. The standard InChI is InChI=1S/C17H21N3O3/c1-11-5-4-6-14(12(11)2)16(17(22)23)19-15(21)8-7-13-9-10-18-20(13)3/h4-6,9-10,16H,7-8H2,1-3H3,(H,19,21)(H,22,23). The minimum atomic E-state index is -1.06. The van der Waals surface area contributed by atoms with Crippen LogP contribution in [0.5, 0.6) is 0 Å². The van der Waals surface area contributed by atoms with Gasteiger partial charge in [0.1, 0.15) is 0 Å². The van der Waals surface area contributed by atoms with E-state index in [1.807, 2.05) is 33.0 Å². The Kier molecular flexibility index (Phi) is 5.16. The quantitative estimate of drug-likeness (QED) is 0.853. The van der Waals surface area contributed by atoms with Crippen molar-refractivity contribution in [1.82, 2.24) is 15.1 Å². The van der Waals surface area contributed by atoms with Crippen LogP contribution < -0.4 is 5.32 Å². The molecule has 0 radical (unpaired) electrons.